The number of carbonyl (C=O) groups is 2. The van der Waals surface area contributed by atoms with Crippen LogP contribution in [0.15, 0.2) is 83.8 Å². The molecule has 3 aromatic rings. The summed E-state index contributed by atoms with van der Waals surface area (Å²) in [4.78, 5) is 28.5. The molecule has 0 aliphatic rings. The minimum atomic E-state index is -4.18. The van der Waals surface area contributed by atoms with Crippen LogP contribution in [0.25, 0.3) is 0 Å². The van der Waals surface area contributed by atoms with E-state index in [9.17, 15) is 18.0 Å². The van der Waals surface area contributed by atoms with Gasteiger partial charge in [0.15, 0.2) is 0 Å². The smallest absolute Gasteiger partial charge is 0.264 e. The molecule has 0 aliphatic heterocycles. The molecule has 10 heteroatoms. The van der Waals surface area contributed by atoms with Crippen molar-refractivity contribution in [2.75, 3.05) is 31.6 Å². The number of nitrogens with one attached hydrogen (secondary N) is 1. The molecule has 1 N–H and O–H groups in total. The van der Waals surface area contributed by atoms with Crippen LogP contribution in [0.5, 0.6) is 11.5 Å². The number of anilines is 1. The number of ether oxygens (including phenoxy) is 2. The summed E-state index contributed by atoms with van der Waals surface area (Å²) in [6.07, 6.45) is 1.71. The van der Waals surface area contributed by atoms with Crippen LogP contribution in [-0.2, 0) is 26.2 Å². The Morgan fingerprint density at radius 3 is 2.30 bits per heavy atom. The van der Waals surface area contributed by atoms with Crippen LogP contribution < -0.4 is 19.1 Å². The van der Waals surface area contributed by atoms with Gasteiger partial charge in [0.2, 0.25) is 11.8 Å². The highest BCUT2D eigenvalue weighted by molar-refractivity contribution is 7.92. The van der Waals surface area contributed by atoms with Crippen LogP contribution in [0.4, 0.5) is 5.69 Å². The molecule has 0 bridgehead atoms. The SMILES string of the molecule is CCCCNC(=O)[C@@H](C)N(Cc1cccc(OC)c1)C(=O)CN(c1ccccc1OC)S(=O)(=O)c1ccccc1. The van der Waals surface area contributed by atoms with Crippen molar-refractivity contribution in [3.05, 3.63) is 84.4 Å². The van der Waals surface area contributed by atoms with Gasteiger partial charge in [0, 0.05) is 13.1 Å². The molecule has 0 aromatic heterocycles. The number of rotatable bonds is 14. The number of carbonyl (C=O) groups excluding carboxylic acids is 2. The van der Waals surface area contributed by atoms with Gasteiger partial charge < -0.3 is 19.7 Å². The molecule has 0 aliphatic carbocycles. The van der Waals surface area contributed by atoms with Crippen molar-refractivity contribution in [3.63, 3.8) is 0 Å². The van der Waals surface area contributed by atoms with E-state index in [0.29, 0.717) is 18.0 Å². The summed E-state index contributed by atoms with van der Waals surface area (Å²) in [5.74, 6) is 0.0255. The maximum Gasteiger partial charge on any atom is 0.264 e. The predicted octanol–water partition coefficient (Wildman–Crippen LogP) is 4.23. The Labute approximate surface area is 236 Å². The van der Waals surface area contributed by atoms with E-state index in [4.69, 9.17) is 9.47 Å². The number of benzene rings is 3. The van der Waals surface area contributed by atoms with E-state index < -0.39 is 28.5 Å². The van der Waals surface area contributed by atoms with E-state index in [0.717, 1.165) is 22.7 Å². The van der Waals surface area contributed by atoms with E-state index in [1.807, 2.05) is 13.0 Å². The second-order valence-electron chi connectivity index (χ2n) is 9.19. The highest BCUT2D eigenvalue weighted by atomic mass is 32.2. The summed E-state index contributed by atoms with van der Waals surface area (Å²) in [5, 5.41) is 2.88. The Morgan fingerprint density at radius 2 is 1.62 bits per heavy atom. The number of hydrogen-bond donors (Lipinski definition) is 1. The number of hydrogen-bond acceptors (Lipinski definition) is 6. The van der Waals surface area contributed by atoms with Crippen LogP contribution in [0, 0.1) is 0 Å². The first-order valence-electron chi connectivity index (χ1n) is 13.1. The molecule has 0 heterocycles. The van der Waals surface area contributed by atoms with Gasteiger partial charge in [-0.15, -0.1) is 0 Å². The van der Waals surface area contributed by atoms with Crippen molar-refractivity contribution in [2.24, 2.45) is 0 Å². The molecular weight excluding hydrogens is 530 g/mol. The van der Waals surface area contributed by atoms with Crippen LogP contribution >= 0.6 is 0 Å². The number of para-hydroxylation sites is 2. The Bertz CT molecular complexity index is 1380. The molecule has 3 rings (SSSR count). The topological polar surface area (TPSA) is 105 Å². The minimum absolute atomic E-state index is 0.0263. The van der Waals surface area contributed by atoms with Gasteiger partial charge in [-0.1, -0.05) is 55.8 Å². The lowest BCUT2D eigenvalue weighted by Gasteiger charge is -2.32. The summed E-state index contributed by atoms with van der Waals surface area (Å²) in [5.41, 5.74) is 0.944. The van der Waals surface area contributed by atoms with Gasteiger partial charge in [-0.05, 0) is 55.3 Å². The molecular formula is C30H37N3O6S. The Morgan fingerprint density at radius 1 is 0.925 bits per heavy atom. The van der Waals surface area contributed by atoms with Crippen molar-refractivity contribution < 1.29 is 27.5 Å². The third-order valence-electron chi connectivity index (χ3n) is 6.45. The lowest BCUT2D eigenvalue weighted by Crippen LogP contribution is -2.51. The molecule has 40 heavy (non-hydrogen) atoms. The molecule has 1 atom stereocenters. The van der Waals surface area contributed by atoms with E-state index >= 15 is 0 Å². The lowest BCUT2D eigenvalue weighted by molar-refractivity contribution is -0.139. The Hall–Kier alpha value is -4.05. The highest BCUT2D eigenvalue weighted by Crippen LogP contribution is 2.32. The highest BCUT2D eigenvalue weighted by Gasteiger charge is 2.33. The standard InChI is InChI=1S/C30H37N3O6S/c1-5-6-19-31-30(35)23(2)32(21-24-13-12-14-25(20-24)38-3)29(34)22-33(27-17-10-11-18-28(27)39-4)40(36,37)26-15-8-7-9-16-26/h7-18,20,23H,5-6,19,21-22H2,1-4H3,(H,31,35)/t23-/m1/s1. The fourth-order valence-corrected chi connectivity index (χ4v) is 5.60. The monoisotopic (exact) mass is 567 g/mol. The first-order valence-corrected chi connectivity index (χ1v) is 14.6. The van der Waals surface area contributed by atoms with Crippen molar-refractivity contribution >= 4 is 27.5 Å². The predicted molar refractivity (Wildman–Crippen MR) is 155 cm³/mol. The van der Waals surface area contributed by atoms with Gasteiger partial charge in [0.25, 0.3) is 10.0 Å². The van der Waals surface area contributed by atoms with Gasteiger partial charge in [-0.2, -0.15) is 0 Å². The summed E-state index contributed by atoms with van der Waals surface area (Å²) in [7, 11) is -1.19. The molecule has 0 unspecified atom stereocenters. The Kier molecular flexibility index (Phi) is 11.0. The van der Waals surface area contributed by atoms with Gasteiger partial charge in [-0.3, -0.25) is 13.9 Å². The van der Waals surface area contributed by atoms with Crippen LogP contribution in [0.2, 0.25) is 0 Å². The zero-order chi connectivity index (χ0) is 29.1. The zero-order valence-corrected chi connectivity index (χ0v) is 24.2. The average Bonchev–Trinajstić information content (AvgIpc) is 2.98. The molecule has 0 spiro atoms. The van der Waals surface area contributed by atoms with Gasteiger partial charge >= 0.3 is 0 Å². The largest absolute Gasteiger partial charge is 0.497 e. The van der Waals surface area contributed by atoms with Crippen molar-refractivity contribution in [1.29, 1.82) is 0 Å². The molecule has 9 nitrogen and oxygen atoms in total. The van der Waals surface area contributed by atoms with Crippen molar-refractivity contribution in [2.45, 2.75) is 44.2 Å². The molecule has 0 radical (unpaired) electrons. The van der Waals surface area contributed by atoms with Gasteiger partial charge in [-0.25, -0.2) is 8.42 Å². The quantitative estimate of drug-likeness (QED) is 0.292. The second kappa shape index (κ2) is 14.4. The first kappa shape index (κ1) is 30.5. The molecule has 3 aromatic carbocycles. The van der Waals surface area contributed by atoms with E-state index in [1.54, 1.807) is 74.7 Å². The van der Waals surface area contributed by atoms with Gasteiger partial charge in [0.1, 0.15) is 24.1 Å². The third kappa shape index (κ3) is 7.53. The molecule has 0 saturated heterocycles. The van der Waals surface area contributed by atoms with Crippen molar-refractivity contribution in [1.82, 2.24) is 10.2 Å². The Balaban J connectivity index is 2.03. The van der Waals surface area contributed by atoms with Crippen LogP contribution in [-0.4, -0.2) is 58.5 Å². The maximum absolute atomic E-state index is 14.0. The first-order chi connectivity index (χ1) is 19.2. The number of unbranched alkanes of at least 4 members (excludes halogenated alkanes) is 1. The summed E-state index contributed by atoms with van der Waals surface area (Å²) in [6, 6.07) is 20.8. The molecule has 0 saturated carbocycles. The number of methoxy groups -OCH3 is 2. The third-order valence-corrected chi connectivity index (χ3v) is 8.22. The van der Waals surface area contributed by atoms with Crippen LogP contribution in [0.3, 0.4) is 0 Å². The summed E-state index contributed by atoms with van der Waals surface area (Å²) in [6.45, 7) is 3.67. The zero-order valence-electron chi connectivity index (χ0n) is 23.4. The minimum Gasteiger partial charge on any atom is -0.497 e. The number of amides is 2. The van der Waals surface area contributed by atoms with Gasteiger partial charge in [0.05, 0.1) is 24.8 Å². The fraction of sp³-hybridized carbons (Fsp3) is 0.333. The van der Waals surface area contributed by atoms with Crippen molar-refractivity contribution in [3.8, 4) is 11.5 Å². The second-order valence-corrected chi connectivity index (χ2v) is 11.1. The number of sulfonamides is 1. The fourth-order valence-electron chi connectivity index (χ4n) is 4.16. The van der Waals surface area contributed by atoms with Crippen LogP contribution in [0.1, 0.15) is 32.3 Å². The summed E-state index contributed by atoms with van der Waals surface area (Å²) < 4.78 is 39.6. The molecule has 2 amide bonds. The van der Waals surface area contributed by atoms with E-state index in [1.165, 1.54) is 24.1 Å². The number of nitrogens with zero attached hydrogens (tertiary/aromatic N) is 2. The lowest BCUT2D eigenvalue weighted by atomic mass is 10.1. The molecule has 0 fully saturated rings. The average molecular weight is 568 g/mol. The van der Waals surface area contributed by atoms with E-state index in [-0.39, 0.29) is 23.0 Å². The normalized spacial score (nSPS) is 11.8. The maximum atomic E-state index is 14.0. The molecule has 214 valence electrons. The summed E-state index contributed by atoms with van der Waals surface area (Å²) >= 11 is 0. The van der Waals surface area contributed by atoms with E-state index in [2.05, 4.69) is 5.32 Å².